The average molecular weight is 758 g/mol. The average Bonchev–Trinajstić information content (AvgIpc) is 3.60. The lowest BCUT2D eigenvalue weighted by Crippen LogP contribution is -2.13. The molecular formula is C57H43NO. The number of benzene rings is 9. The fraction of sp³-hybridized carbons (Fsp3) is 0.105. The summed E-state index contributed by atoms with van der Waals surface area (Å²) >= 11 is 0. The smallest absolute Gasteiger partial charge is 0.136 e. The van der Waals surface area contributed by atoms with Crippen molar-refractivity contribution in [3.05, 3.63) is 210 Å². The highest BCUT2D eigenvalue weighted by atomic mass is 16.3. The summed E-state index contributed by atoms with van der Waals surface area (Å²) in [5, 5.41) is 9.85. The Bertz CT molecular complexity index is 3310. The highest BCUT2D eigenvalue weighted by Gasteiger charge is 2.31. The molecule has 1 aromatic heterocycles. The second kappa shape index (κ2) is 14.4. The maximum atomic E-state index is 6.62. The van der Waals surface area contributed by atoms with Crippen LogP contribution >= 0.6 is 0 Å². The first kappa shape index (κ1) is 35.2. The van der Waals surface area contributed by atoms with Crippen LogP contribution in [0.2, 0.25) is 0 Å². The van der Waals surface area contributed by atoms with Gasteiger partial charge < -0.3 is 4.42 Å². The predicted octanol–water partition coefficient (Wildman–Crippen LogP) is 15.8. The van der Waals surface area contributed by atoms with Gasteiger partial charge in [0.1, 0.15) is 11.2 Å². The van der Waals surface area contributed by atoms with Gasteiger partial charge >= 0.3 is 0 Å². The minimum absolute atomic E-state index is 0.0161. The first-order valence-corrected chi connectivity index (χ1v) is 20.9. The highest BCUT2D eigenvalue weighted by Crippen LogP contribution is 2.46. The van der Waals surface area contributed by atoms with Crippen LogP contribution in [0, 0.1) is 5.92 Å². The molecule has 59 heavy (non-hydrogen) atoms. The number of fused-ring (bicyclic) bond motifs is 7. The van der Waals surface area contributed by atoms with Crippen LogP contribution in [0.3, 0.4) is 0 Å². The first-order valence-electron chi connectivity index (χ1n) is 20.9. The van der Waals surface area contributed by atoms with Crippen LogP contribution in [0.15, 0.2) is 203 Å². The molecule has 2 heteroatoms. The molecule has 10 aromatic rings. The summed E-state index contributed by atoms with van der Waals surface area (Å²) in [6.45, 7) is 4.66. The third kappa shape index (κ3) is 6.15. The summed E-state index contributed by atoms with van der Waals surface area (Å²) in [5.41, 5.74) is 14.1. The van der Waals surface area contributed by atoms with E-state index in [2.05, 4.69) is 202 Å². The number of aliphatic imine (C=N–C) groups is 1. The van der Waals surface area contributed by atoms with Crippen LogP contribution in [0.25, 0.3) is 82.1 Å². The van der Waals surface area contributed by atoms with Crippen molar-refractivity contribution in [2.75, 3.05) is 0 Å². The molecule has 2 heterocycles. The van der Waals surface area contributed by atoms with Crippen LogP contribution in [0.4, 0.5) is 0 Å². The van der Waals surface area contributed by atoms with E-state index >= 15 is 0 Å². The molecule has 2 unspecified atom stereocenters. The molecule has 11 rings (SSSR count). The third-order valence-electron chi connectivity index (χ3n) is 12.7. The first-order chi connectivity index (χ1) is 29.1. The lowest BCUT2D eigenvalue weighted by molar-refractivity contribution is 0.525. The predicted molar refractivity (Wildman–Crippen MR) is 250 cm³/mol. The summed E-state index contributed by atoms with van der Waals surface area (Å²) in [5.74, 6) is 0.202. The molecule has 0 aliphatic carbocycles. The molecule has 1 aliphatic heterocycles. The van der Waals surface area contributed by atoms with Gasteiger partial charge in [0.15, 0.2) is 0 Å². The quantitative estimate of drug-likeness (QED) is 0.155. The molecular weight excluding hydrogens is 715 g/mol. The largest absolute Gasteiger partial charge is 0.456 e. The van der Waals surface area contributed by atoms with E-state index in [0.717, 1.165) is 46.1 Å². The number of nitrogens with zero attached hydrogens (tertiary/aromatic N) is 1. The molecule has 2 atom stereocenters. The number of allylic oxidation sites excluding steroid dienone is 1. The second-order valence-electron chi connectivity index (χ2n) is 16.2. The van der Waals surface area contributed by atoms with E-state index in [1.807, 2.05) is 0 Å². The second-order valence-corrected chi connectivity index (χ2v) is 16.2. The van der Waals surface area contributed by atoms with E-state index < -0.39 is 0 Å². The number of rotatable bonds is 6. The molecule has 1 aliphatic rings. The fourth-order valence-electron chi connectivity index (χ4n) is 9.81. The van der Waals surface area contributed by atoms with Gasteiger partial charge in [0.2, 0.25) is 0 Å². The molecule has 0 spiro atoms. The maximum absolute atomic E-state index is 6.62. The van der Waals surface area contributed by atoms with Gasteiger partial charge in [-0.15, -0.1) is 0 Å². The Labute approximate surface area is 344 Å². The Morgan fingerprint density at radius 3 is 2.03 bits per heavy atom. The van der Waals surface area contributed by atoms with Crippen LogP contribution in [-0.2, 0) is 0 Å². The van der Waals surface area contributed by atoms with Crippen molar-refractivity contribution < 1.29 is 4.42 Å². The third-order valence-corrected chi connectivity index (χ3v) is 12.7. The highest BCUT2D eigenvalue weighted by molar-refractivity contribution is 6.14. The van der Waals surface area contributed by atoms with E-state index in [1.165, 1.54) is 76.8 Å². The van der Waals surface area contributed by atoms with E-state index in [4.69, 9.17) is 9.41 Å². The van der Waals surface area contributed by atoms with Crippen molar-refractivity contribution in [3.63, 3.8) is 0 Å². The van der Waals surface area contributed by atoms with Gasteiger partial charge in [0, 0.05) is 28.8 Å². The minimum Gasteiger partial charge on any atom is -0.456 e. The molecule has 0 saturated carbocycles. The van der Waals surface area contributed by atoms with Crippen molar-refractivity contribution in [1.82, 2.24) is 0 Å². The molecule has 0 fully saturated rings. The molecule has 0 saturated heterocycles. The summed E-state index contributed by atoms with van der Waals surface area (Å²) in [6.07, 6.45) is 1.76. The molecule has 0 bridgehead atoms. The van der Waals surface area contributed by atoms with Crippen LogP contribution < -0.4 is 0 Å². The fourth-order valence-corrected chi connectivity index (χ4v) is 9.81. The zero-order chi connectivity index (χ0) is 39.5. The Kier molecular flexibility index (Phi) is 8.59. The normalized spacial score (nSPS) is 16.0. The van der Waals surface area contributed by atoms with E-state index in [-0.39, 0.29) is 12.0 Å². The Morgan fingerprint density at radius 1 is 0.492 bits per heavy atom. The lowest BCUT2D eigenvalue weighted by atomic mass is 9.79. The van der Waals surface area contributed by atoms with Gasteiger partial charge in [-0.25, -0.2) is 0 Å². The number of hydrogen-bond donors (Lipinski definition) is 0. The van der Waals surface area contributed by atoms with Crippen LogP contribution in [0.1, 0.15) is 49.4 Å². The van der Waals surface area contributed by atoms with Crippen LogP contribution in [-0.4, -0.2) is 5.71 Å². The van der Waals surface area contributed by atoms with Crippen molar-refractivity contribution in [2.45, 2.75) is 32.7 Å². The van der Waals surface area contributed by atoms with Crippen LogP contribution in [0.5, 0.6) is 0 Å². The molecule has 282 valence electrons. The van der Waals surface area contributed by atoms with Gasteiger partial charge in [-0.05, 0) is 127 Å². The van der Waals surface area contributed by atoms with Gasteiger partial charge in [-0.3, -0.25) is 4.99 Å². The van der Waals surface area contributed by atoms with Gasteiger partial charge in [-0.1, -0.05) is 164 Å². The molecule has 0 N–H and O–H groups in total. The Morgan fingerprint density at radius 2 is 1.15 bits per heavy atom. The van der Waals surface area contributed by atoms with Crippen molar-refractivity contribution in [3.8, 4) is 22.3 Å². The number of furan rings is 1. The summed E-state index contributed by atoms with van der Waals surface area (Å²) in [7, 11) is 0. The molecule has 0 radical (unpaired) electrons. The zero-order valence-corrected chi connectivity index (χ0v) is 33.3. The van der Waals surface area contributed by atoms with E-state index in [0.29, 0.717) is 0 Å². The van der Waals surface area contributed by atoms with E-state index in [9.17, 15) is 0 Å². The van der Waals surface area contributed by atoms with Gasteiger partial charge in [0.25, 0.3) is 0 Å². The zero-order valence-electron chi connectivity index (χ0n) is 33.3. The monoisotopic (exact) mass is 757 g/mol. The topological polar surface area (TPSA) is 25.5 Å². The molecule has 9 aromatic carbocycles. The lowest BCUT2D eigenvalue weighted by Gasteiger charge is -2.27. The summed E-state index contributed by atoms with van der Waals surface area (Å²) in [6, 6.07) is 68.5. The summed E-state index contributed by atoms with van der Waals surface area (Å²) in [4.78, 5) is 5.72. The van der Waals surface area contributed by atoms with E-state index in [1.54, 1.807) is 0 Å². The van der Waals surface area contributed by atoms with Crippen molar-refractivity contribution in [2.24, 2.45) is 10.9 Å². The van der Waals surface area contributed by atoms with Gasteiger partial charge in [0.05, 0.1) is 6.04 Å². The number of hydrogen-bond acceptors (Lipinski definition) is 2. The molecule has 0 amide bonds. The van der Waals surface area contributed by atoms with Gasteiger partial charge in [-0.2, -0.15) is 0 Å². The summed E-state index contributed by atoms with van der Waals surface area (Å²) < 4.78 is 6.62. The van der Waals surface area contributed by atoms with Crippen molar-refractivity contribution in [1.29, 1.82) is 0 Å². The Balaban J connectivity index is 1.01. The SMILES string of the molecule is CCC1C(c2cccc(-c3cccc4oc5cc(-c6ccc7ccccc7c6)ccc5c34)c2)=C(C)CC(c2ccc3c(ccc4ccccc43)c2)=NC1c1ccccc1. The maximum Gasteiger partial charge on any atom is 0.136 e. The van der Waals surface area contributed by atoms with Crippen molar-refractivity contribution >= 4 is 65.5 Å². The standard InChI is InChI=1S/C57H43NO/c1-3-47-55(36(2)31-52(58-57(47)39-15-5-4-6-16-39)45-28-29-49-44(33-45)26-24-38-14-9-10-20-48(38)49)46-19-11-18-43(34-46)50-21-12-22-53-56(50)51-30-27-42(35-54(51)59-53)41-25-23-37-13-7-8-17-40(37)32-41/h4-30,32-35,47,57H,3,31H2,1-2H3. The Hall–Kier alpha value is -7.03. The molecule has 2 nitrogen and oxygen atoms in total. The minimum atomic E-state index is -0.0161.